The number of hydrogen-bond acceptors (Lipinski definition) is 12. The van der Waals surface area contributed by atoms with Crippen LogP contribution < -0.4 is 20.1 Å². The number of aliphatic carboxylic acids is 2. The molecule has 0 saturated heterocycles. The lowest BCUT2D eigenvalue weighted by Gasteiger charge is -2.11. The number of carbonyl (C=O) groups is 6. The maximum atomic E-state index is 12.9. The first-order valence-corrected chi connectivity index (χ1v) is 21.2. The number of halogens is 6. The average Bonchev–Trinajstić information content (AvgIpc) is 3.78. The van der Waals surface area contributed by atoms with Crippen LogP contribution in [0.25, 0.3) is 0 Å². The molecule has 60 heavy (non-hydrogen) atoms. The highest BCUT2D eigenvalue weighted by atomic mass is 32.2. The first-order chi connectivity index (χ1) is 28.1. The monoisotopic (exact) mass is 922 g/mol. The Morgan fingerprint density at radius 3 is 1.48 bits per heavy atom. The molecule has 2 amide bonds. The fraction of sp³-hybridized carbons (Fsp3) is 0.316. The number of ether oxygens (including phenoxy) is 2. The van der Waals surface area contributed by atoms with Crippen LogP contribution in [0, 0.1) is 0 Å². The third kappa shape index (κ3) is 16.5. The number of ketones is 2. The number of thioether (sulfide) groups is 2. The van der Waals surface area contributed by atoms with Crippen molar-refractivity contribution < 1.29 is 74.8 Å². The Bertz CT molecular complexity index is 2140. The highest BCUT2D eigenvalue weighted by Gasteiger charge is 2.32. The van der Waals surface area contributed by atoms with Gasteiger partial charge in [0.15, 0.2) is 11.6 Å². The quantitative estimate of drug-likeness (QED) is 0.0398. The summed E-state index contributed by atoms with van der Waals surface area (Å²) in [5.41, 5.74) is 0.740. The zero-order valence-electron chi connectivity index (χ0n) is 31.7. The first kappa shape index (κ1) is 49.3. The van der Waals surface area contributed by atoms with Crippen LogP contribution in [0.4, 0.5) is 36.3 Å². The van der Waals surface area contributed by atoms with Crippen molar-refractivity contribution in [1.82, 2.24) is 0 Å². The van der Waals surface area contributed by atoms with Gasteiger partial charge in [-0.05, 0) is 80.4 Å². The van der Waals surface area contributed by atoms with Crippen LogP contribution in [0.3, 0.4) is 0 Å². The second-order valence-electron chi connectivity index (χ2n) is 12.0. The zero-order chi connectivity index (χ0) is 44.8. The van der Waals surface area contributed by atoms with Crippen molar-refractivity contribution in [1.29, 1.82) is 0 Å². The molecule has 22 heteroatoms. The molecule has 0 saturated carbocycles. The number of carbonyl (C=O) groups excluding carboxylic acids is 4. The van der Waals surface area contributed by atoms with Gasteiger partial charge in [-0.1, -0.05) is 13.8 Å². The van der Waals surface area contributed by atoms with Crippen LogP contribution in [-0.2, 0) is 32.0 Å². The molecule has 4 rings (SSSR count). The Hall–Kier alpha value is -5.06. The molecule has 1 atom stereocenters. The Kier molecular flexibility index (Phi) is 18.5. The molecule has 0 aliphatic rings. The summed E-state index contributed by atoms with van der Waals surface area (Å²) in [6.07, 6.45) is -8.33. The third-order valence-corrected chi connectivity index (χ3v) is 11.9. The van der Waals surface area contributed by atoms with Crippen LogP contribution in [0.15, 0.2) is 60.7 Å². The molecule has 2 heterocycles. The number of alkyl halides is 6. The molecular formula is C38H36F6N2O10S4. The maximum absolute atomic E-state index is 12.9. The number of thiophene rings is 2. The van der Waals surface area contributed by atoms with Gasteiger partial charge >= 0.3 is 24.7 Å². The summed E-state index contributed by atoms with van der Waals surface area (Å²) in [7, 11) is 0. The van der Waals surface area contributed by atoms with E-state index in [1.807, 2.05) is 13.8 Å². The standard InChI is InChI=1S/2C19H18F3NO5S2/c1-3-13-8-14(18(30-13)23-17(27)10(2)29-9-15(24)25)16(26)11-4-6-12(7-5-11)28-19(20,21)22;1-2-13-9-14(18(30-13)23-15(24)7-8-29-10-16(25)26)17(27)11-3-5-12(6-4-11)28-19(20,21)22/h4-8,10H,3,9H2,1-2H3,(H,23,27)(H,24,25);3-6,9H,2,7-8,10H2,1H3,(H,23,24)(H,25,26)/t10-;/m0./s1. The fourth-order valence-corrected chi connectivity index (χ4v) is 7.94. The van der Waals surface area contributed by atoms with Crippen LogP contribution in [-0.4, -0.2) is 80.8 Å². The molecule has 0 fully saturated rings. The molecule has 2 aromatic heterocycles. The molecule has 0 aliphatic heterocycles. The van der Waals surface area contributed by atoms with E-state index < -0.39 is 58.9 Å². The molecule has 0 radical (unpaired) electrons. The average molecular weight is 923 g/mol. The molecular weight excluding hydrogens is 887 g/mol. The lowest BCUT2D eigenvalue weighted by Crippen LogP contribution is -2.24. The Morgan fingerprint density at radius 2 is 1.10 bits per heavy atom. The summed E-state index contributed by atoms with van der Waals surface area (Å²) >= 11 is 4.50. The largest absolute Gasteiger partial charge is 0.573 e. The van der Waals surface area contributed by atoms with Gasteiger partial charge in [0.05, 0.1) is 27.9 Å². The van der Waals surface area contributed by atoms with Gasteiger partial charge in [-0.25, -0.2) is 0 Å². The molecule has 324 valence electrons. The molecule has 4 N–H and O–H groups in total. The highest BCUT2D eigenvalue weighted by molar-refractivity contribution is 8.01. The van der Waals surface area contributed by atoms with Crippen molar-refractivity contribution in [3.63, 3.8) is 0 Å². The van der Waals surface area contributed by atoms with E-state index in [2.05, 4.69) is 20.1 Å². The maximum Gasteiger partial charge on any atom is 0.573 e. The third-order valence-electron chi connectivity index (χ3n) is 7.47. The van der Waals surface area contributed by atoms with Gasteiger partial charge in [0, 0.05) is 33.1 Å². The molecule has 4 aromatic rings. The number of rotatable bonds is 19. The van der Waals surface area contributed by atoms with Crippen molar-refractivity contribution in [3.8, 4) is 11.5 Å². The summed E-state index contributed by atoms with van der Waals surface area (Å²) in [4.78, 5) is 73.0. The topological polar surface area (TPSA) is 185 Å². The molecule has 0 unspecified atom stereocenters. The van der Waals surface area contributed by atoms with Gasteiger partial charge < -0.3 is 30.3 Å². The summed E-state index contributed by atoms with van der Waals surface area (Å²) < 4.78 is 81.3. The van der Waals surface area contributed by atoms with E-state index in [1.165, 1.54) is 46.9 Å². The normalized spacial score (nSPS) is 11.8. The molecule has 12 nitrogen and oxygen atoms in total. The first-order valence-electron chi connectivity index (χ1n) is 17.4. The van der Waals surface area contributed by atoms with E-state index in [4.69, 9.17) is 10.2 Å². The number of nitrogens with one attached hydrogen (secondary N) is 2. The SMILES string of the molecule is CCc1cc(C(=O)c2ccc(OC(F)(F)F)cc2)c(NC(=O)CCSCC(=O)O)s1.CCc1cc(C(=O)c2ccc(OC(F)(F)F)cc2)c(NC(=O)[C@H](C)SCC(=O)O)s1. The fourth-order valence-electron chi connectivity index (χ4n) is 4.68. The minimum atomic E-state index is -4.83. The lowest BCUT2D eigenvalue weighted by atomic mass is 10.0. The Morgan fingerprint density at radius 1 is 0.683 bits per heavy atom. The number of anilines is 2. The molecule has 2 aromatic carbocycles. The summed E-state index contributed by atoms with van der Waals surface area (Å²) in [5.74, 6) is -4.65. The highest BCUT2D eigenvalue weighted by Crippen LogP contribution is 2.34. The van der Waals surface area contributed by atoms with E-state index in [9.17, 15) is 55.1 Å². The minimum Gasteiger partial charge on any atom is -0.481 e. The second-order valence-corrected chi connectivity index (χ2v) is 16.7. The van der Waals surface area contributed by atoms with Gasteiger partial charge in [-0.15, -0.1) is 72.5 Å². The Balaban J connectivity index is 0.000000320. The molecule has 0 spiro atoms. The Labute approximate surface area is 355 Å². The summed E-state index contributed by atoms with van der Waals surface area (Å²) in [6, 6.07) is 12.3. The van der Waals surface area contributed by atoms with Crippen LogP contribution in [0.2, 0.25) is 0 Å². The van der Waals surface area contributed by atoms with Crippen LogP contribution >= 0.6 is 46.2 Å². The van der Waals surface area contributed by atoms with Crippen molar-refractivity contribution in [2.75, 3.05) is 27.9 Å². The van der Waals surface area contributed by atoms with Gasteiger partial charge in [-0.2, -0.15) is 0 Å². The zero-order valence-corrected chi connectivity index (χ0v) is 34.9. The minimum absolute atomic E-state index is 0.0778. The van der Waals surface area contributed by atoms with Crippen LogP contribution in [0.1, 0.15) is 68.8 Å². The van der Waals surface area contributed by atoms with E-state index >= 15 is 0 Å². The van der Waals surface area contributed by atoms with Crippen molar-refractivity contribution in [2.24, 2.45) is 0 Å². The second kappa shape index (κ2) is 22.5. The van der Waals surface area contributed by atoms with E-state index in [0.29, 0.717) is 28.6 Å². The van der Waals surface area contributed by atoms with Crippen LogP contribution in [0.5, 0.6) is 11.5 Å². The number of hydrogen-bond donors (Lipinski definition) is 4. The number of amides is 2. The van der Waals surface area contributed by atoms with E-state index in [1.54, 1.807) is 19.1 Å². The predicted molar refractivity (Wildman–Crippen MR) is 217 cm³/mol. The van der Waals surface area contributed by atoms with Crippen molar-refractivity contribution in [2.45, 2.75) is 58.0 Å². The number of carboxylic acid groups (broad SMARTS) is 2. The van der Waals surface area contributed by atoms with Gasteiger partial charge in [0.25, 0.3) is 0 Å². The molecule has 0 aliphatic carbocycles. The number of carboxylic acids is 2. The number of benzene rings is 2. The van der Waals surface area contributed by atoms with Gasteiger partial charge in [0.2, 0.25) is 11.8 Å². The van der Waals surface area contributed by atoms with Gasteiger partial charge in [-0.3, -0.25) is 28.8 Å². The van der Waals surface area contributed by atoms with Crippen molar-refractivity contribution in [3.05, 3.63) is 92.7 Å². The summed E-state index contributed by atoms with van der Waals surface area (Å²) in [6.45, 7) is 5.32. The van der Waals surface area contributed by atoms with E-state index in [0.717, 1.165) is 57.5 Å². The number of aryl methyl sites for hydroxylation is 2. The van der Waals surface area contributed by atoms with E-state index in [-0.39, 0.29) is 46.1 Å². The van der Waals surface area contributed by atoms with Crippen molar-refractivity contribution >= 4 is 91.5 Å². The van der Waals surface area contributed by atoms with Gasteiger partial charge in [0.1, 0.15) is 21.5 Å². The lowest BCUT2D eigenvalue weighted by molar-refractivity contribution is -0.275. The molecule has 0 bridgehead atoms. The predicted octanol–water partition coefficient (Wildman–Crippen LogP) is 9.17. The summed E-state index contributed by atoms with van der Waals surface area (Å²) in [5, 5.41) is 22.6. The smallest absolute Gasteiger partial charge is 0.481 e.